The highest BCUT2D eigenvalue weighted by Gasteiger charge is 2.19. The van der Waals surface area contributed by atoms with Crippen molar-refractivity contribution in [3.05, 3.63) is 231 Å². The minimum Gasteiger partial charge on any atom is -0.456 e. The molecular formula is C60H38N2O. The fraction of sp³-hybridized carbons (Fsp3) is 0. The summed E-state index contributed by atoms with van der Waals surface area (Å²) in [6.45, 7) is 0. The van der Waals surface area contributed by atoms with Crippen LogP contribution in [0.4, 0.5) is 0 Å². The number of benzene rings is 10. The number of furan rings is 1. The van der Waals surface area contributed by atoms with Crippen molar-refractivity contribution in [2.75, 3.05) is 0 Å². The lowest BCUT2D eigenvalue weighted by molar-refractivity contribution is 0.631. The molecule has 0 radical (unpaired) electrons. The van der Waals surface area contributed by atoms with Crippen LogP contribution in [0.3, 0.4) is 0 Å². The van der Waals surface area contributed by atoms with Crippen molar-refractivity contribution in [3.8, 4) is 78.6 Å². The zero-order chi connectivity index (χ0) is 41.7. The van der Waals surface area contributed by atoms with Crippen molar-refractivity contribution in [3.63, 3.8) is 0 Å². The van der Waals surface area contributed by atoms with Crippen LogP contribution in [0.5, 0.6) is 0 Å². The van der Waals surface area contributed by atoms with Gasteiger partial charge in [0, 0.05) is 27.6 Å². The van der Waals surface area contributed by atoms with Crippen molar-refractivity contribution in [1.29, 1.82) is 0 Å². The molecule has 0 amide bonds. The average Bonchev–Trinajstić information content (AvgIpc) is 3.81. The van der Waals surface area contributed by atoms with Crippen molar-refractivity contribution in [2.24, 2.45) is 0 Å². The van der Waals surface area contributed by atoms with Crippen LogP contribution >= 0.6 is 0 Å². The maximum absolute atomic E-state index is 6.24. The van der Waals surface area contributed by atoms with Gasteiger partial charge in [0.15, 0.2) is 5.82 Å². The van der Waals surface area contributed by atoms with Crippen molar-refractivity contribution in [1.82, 2.24) is 9.97 Å². The smallest absolute Gasteiger partial charge is 0.160 e. The van der Waals surface area contributed by atoms with Gasteiger partial charge in [0.25, 0.3) is 0 Å². The number of nitrogens with zero attached hydrogens (tertiary/aromatic N) is 2. The van der Waals surface area contributed by atoms with Gasteiger partial charge in [-0.1, -0.05) is 206 Å². The Balaban J connectivity index is 0.927. The molecule has 0 aliphatic carbocycles. The highest BCUT2D eigenvalue weighted by molar-refractivity contribution is 6.27. The molecule has 3 heteroatoms. The Morgan fingerprint density at radius 2 is 0.810 bits per heavy atom. The van der Waals surface area contributed by atoms with Crippen LogP contribution in [-0.4, -0.2) is 9.97 Å². The van der Waals surface area contributed by atoms with Crippen LogP contribution in [0.15, 0.2) is 235 Å². The van der Waals surface area contributed by atoms with Crippen LogP contribution in [0, 0.1) is 0 Å². The van der Waals surface area contributed by atoms with Gasteiger partial charge in [0.1, 0.15) is 11.3 Å². The second-order valence-corrected chi connectivity index (χ2v) is 16.1. The molecule has 0 saturated heterocycles. The fourth-order valence-corrected chi connectivity index (χ4v) is 9.24. The van der Waals surface area contributed by atoms with Gasteiger partial charge in [-0.05, 0) is 90.0 Å². The van der Waals surface area contributed by atoms with Crippen LogP contribution in [0.25, 0.3) is 122 Å². The molecule has 2 aromatic heterocycles. The summed E-state index contributed by atoms with van der Waals surface area (Å²) >= 11 is 0. The van der Waals surface area contributed by atoms with E-state index in [9.17, 15) is 0 Å². The first kappa shape index (κ1) is 36.5. The Morgan fingerprint density at radius 1 is 0.286 bits per heavy atom. The molecule has 0 fully saturated rings. The van der Waals surface area contributed by atoms with Gasteiger partial charge in [-0.25, -0.2) is 9.97 Å². The van der Waals surface area contributed by atoms with E-state index in [1.165, 1.54) is 54.6 Å². The summed E-state index contributed by atoms with van der Waals surface area (Å²) in [5.74, 6) is 1.51. The molecule has 63 heavy (non-hydrogen) atoms. The van der Waals surface area contributed by atoms with E-state index in [1.807, 2.05) is 36.4 Å². The molecule has 3 nitrogen and oxygen atoms in total. The van der Waals surface area contributed by atoms with Crippen molar-refractivity contribution in [2.45, 2.75) is 0 Å². The van der Waals surface area contributed by atoms with Gasteiger partial charge >= 0.3 is 0 Å². The molecular weight excluding hydrogens is 765 g/mol. The van der Waals surface area contributed by atoms with Crippen LogP contribution in [0.1, 0.15) is 0 Å². The van der Waals surface area contributed by atoms with E-state index in [0.29, 0.717) is 5.82 Å². The highest BCUT2D eigenvalue weighted by Crippen LogP contribution is 2.46. The summed E-state index contributed by atoms with van der Waals surface area (Å²) < 4.78 is 6.24. The zero-order valence-corrected chi connectivity index (χ0v) is 34.2. The number of hydrogen-bond donors (Lipinski definition) is 0. The third-order valence-corrected chi connectivity index (χ3v) is 12.3. The molecule has 0 bridgehead atoms. The van der Waals surface area contributed by atoms with Crippen molar-refractivity contribution < 1.29 is 4.42 Å². The van der Waals surface area contributed by atoms with Crippen molar-refractivity contribution >= 4 is 43.3 Å². The molecule has 0 atom stereocenters. The summed E-state index contributed by atoms with van der Waals surface area (Å²) in [6, 6.07) is 81.8. The summed E-state index contributed by atoms with van der Waals surface area (Å²) in [6.07, 6.45) is 0. The number of aromatic nitrogens is 2. The Morgan fingerprint density at radius 3 is 1.52 bits per heavy atom. The Bertz CT molecular complexity index is 3610. The summed E-state index contributed by atoms with van der Waals surface area (Å²) in [5, 5.41) is 8.62. The van der Waals surface area contributed by atoms with E-state index in [-0.39, 0.29) is 0 Å². The second-order valence-electron chi connectivity index (χ2n) is 16.1. The average molecular weight is 803 g/mol. The number of rotatable bonds is 7. The standard InChI is InChI=1S/C60H38N2O/c1-3-15-43(16-4-1)57-50-23-10-11-24-51(50)58(59-49-22-9-7-14-41(49)34-35-52(57)59)44-32-28-40(29-33-44)39-26-30-42(31-27-39)53-38-54(62-60(61-53)45-17-5-2-6-18-45)46-20-13-21-47(36-46)56-37-48-19-8-12-25-55(48)63-56/h1-38H. The maximum atomic E-state index is 6.24. The number of hydrogen-bond acceptors (Lipinski definition) is 3. The fourth-order valence-electron chi connectivity index (χ4n) is 9.24. The summed E-state index contributed by atoms with van der Waals surface area (Å²) in [5.41, 5.74) is 13.8. The first-order chi connectivity index (χ1) is 31.2. The minimum atomic E-state index is 0.682. The van der Waals surface area contributed by atoms with E-state index < -0.39 is 0 Å². The monoisotopic (exact) mass is 802 g/mol. The molecule has 0 unspecified atom stereocenters. The molecule has 0 aliphatic rings. The van der Waals surface area contributed by atoms with Gasteiger partial charge in [-0.15, -0.1) is 0 Å². The number of fused-ring (bicyclic) bond motifs is 5. The summed E-state index contributed by atoms with van der Waals surface area (Å²) in [7, 11) is 0. The molecule has 2 heterocycles. The first-order valence-corrected chi connectivity index (χ1v) is 21.4. The molecule has 12 aromatic rings. The topological polar surface area (TPSA) is 38.9 Å². The maximum Gasteiger partial charge on any atom is 0.160 e. The third-order valence-electron chi connectivity index (χ3n) is 12.3. The minimum absolute atomic E-state index is 0.682. The zero-order valence-electron chi connectivity index (χ0n) is 34.2. The van der Waals surface area contributed by atoms with E-state index in [1.54, 1.807) is 0 Å². The normalized spacial score (nSPS) is 11.5. The van der Waals surface area contributed by atoms with Gasteiger partial charge < -0.3 is 4.42 Å². The van der Waals surface area contributed by atoms with E-state index in [0.717, 1.165) is 61.5 Å². The van der Waals surface area contributed by atoms with Crippen LogP contribution in [0.2, 0.25) is 0 Å². The second kappa shape index (κ2) is 15.3. The van der Waals surface area contributed by atoms with Gasteiger partial charge in [0.05, 0.1) is 11.4 Å². The lowest BCUT2D eigenvalue weighted by atomic mass is 9.84. The van der Waals surface area contributed by atoms with E-state index >= 15 is 0 Å². The lowest BCUT2D eigenvalue weighted by Gasteiger charge is -2.19. The third kappa shape index (κ3) is 6.55. The molecule has 0 spiro atoms. The number of para-hydroxylation sites is 1. The molecule has 294 valence electrons. The largest absolute Gasteiger partial charge is 0.456 e. The summed E-state index contributed by atoms with van der Waals surface area (Å²) in [4.78, 5) is 10.2. The molecule has 0 N–H and O–H groups in total. The predicted octanol–water partition coefficient (Wildman–Crippen LogP) is 16.4. The SMILES string of the molecule is c1ccc(-c2nc(-c3ccc(-c4ccc(-c5c6ccccc6c(-c6ccccc6)c6ccc7ccccc7c56)cc4)cc3)cc(-c3cccc(-c4cc5ccccc5o4)c3)n2)cc1. The molecule has 0 saturated carbocycles. The lowest BCUT2D eigenvalue weighted by Crippen LogP contribution is -1.96. The molecule has 10 aromatic carbocycles. The van der Waals surface area contributed by atoms with Gasteiger partial charge in [-0.2, -0.15) is 0 Å². The van der Waals surface area contributed by atoms with Crippen LogP contribution < -0.4 is 0 Å². The Hall–Kier alpha value is -8.40. The van der Waals surface area contributed by atoms with Crippen LogP contribution in [-0.2, 0) is 0 Å². The Kier molecular flexibility index (Phi) is 8.83. The highest BCUT2D eigenvalue weighted by atomic mass is 16.3. The first-order valence-electron chi connectivity index (χ1n) is 21.4. The Labute approximate surface area is 365 Å². The quantitative estimate of drug-likeness (QED) is 0.119. The van der Waals surface area contributed by atoms with Gasteiger partial charge in [0.2, 0.25) is 0 Å². The predicted molar refractivity (Wildman–Crippen MR) is 262 cm³/mol. The molecule has 0 aliphatic heterocycles. The molecule has 12 rings (SSSR count). The van der Waals surface area contributed by atoms with E-state index in [4.69, 9.17) is 14.4 Å². The van der Waals surface area contributed by atoms with E-state index in [2.05, 4.69) is 194 Å². The van der Waals surface area contributed by atoms with Gasteiger partial charge in [-0.3, -0.25) is 0 Å².